The summed E-state index contributed by atoms with van der Waals surface area (Å²) < 4.78 is 38.0. The summed E-state index contributed by atoms with van der Waals surface area (Å²) in [5.74, 6) is 5.31. The predicted octanol–water partition coefficient (Wildman–Crippen LogP) is 0.339. The van der Waals surface area contributed by atoms with Gasteiger partial charge in [0.05, 0.1) is 6.54 Å². The van der Waals surface area contributed by atoms with Crippen molar-refractivity contribution in [2.24, 2.45) is 16.1 Å². The highest BCUT2D eigenvalue weighted by atomic mass is 19.4. The maximum Gasteiger partial charge on any atom is 0.431 e. The number of hydrazone groups is 1. The van der Waals surface area contributed by atoms with Crippen LogP contribution in [0.2, 0.25) is 0 Å². The van der Waals surface area contributed by atoms with E-state index in [0.29, 0.717) is 0 Å². The number of nitrogens with zero attached hydrogens (tertiary/aromatic N) is 3. The lowest BCUT2D eigenvalue weighted by Crippen LogP contribution is -2.52. The van der Waals surface area contributed by atoms with E-state index in [2.05, 4.69) is 20.5 Å². The van der Waals surface area contributed by atoms with E-state index >= 15 is 0 Å². The highest BCUT2D eigenvalue weighted by Gasteiger charge is 2.57. The number of urea groups is 1. The average Bonchev–Trinajstić information content (AvgIpc) is 2.66. The second kappa shape index (κ2) is 3.83. The molecule has 0 aliphatic carbocycles. The number of hydrazine groups is 1. The van der Waals surface area contributed by atoms with Gasteiger partial charge in [-0.25, -0.2) is 16.1 Å². The van der Waals surface area contributed by atoms with Crippen LogP contribution in [0.4, 0.5) is 18.0 Å². The van der Waals surface area contributed by atoms with Gasteiger partial charge in [0, 0.05) is 6.42 Å². The number of carbonyl (C=O) groups excluding carboxylic acids is 1. The third kappa shape index (κ3) is 1.98. The maximum absolute atomic E-state index is 12.7. The minimum atomic E-state index is -4.54. The first-order chi connectivity index (χ1) is 8.23. The lowest BCUT2D eigenvalue weighted by Gasteiger charge is -2.25. The Hall–Kier alpha value is -1.84. The summed E-state index contributed by atoms with van der Waals surface area (Å²) in [7, 11) is 0. The second-order valence-corrected chi connectivity index (χ2v) is 4.14. The van der Waals surface area contributed by atoms with Crippen LogP contribution in [-0.2, 0) is 4.84 Å². The van der Waals surface area contributed by atoms with Crippen molar-refractivity contribution in [1.82, 2.24) is 10.4 Å². The van der Waals surface area contributed by atoms with Gasteiger partial charge in [0.15, 0.2) is 0 Å². The van der Waals surface area contributed by atoms with Gasteiger partial charge in [-0.3, -0.25) is 5.01 Å². The summed E-state index contributed by atoms with van der Waals surface area (Å²) in [4.78, 5) is 15.4. The Morgan fingerprint density at radius 2 is 2.17 bits per heavy atom. The first-order valence-corrected chi connectivity index (χ1v) is 4.94. The van der Waals surface area contributed by atoms with Crippen molar-refractivity contribution in [2.75, 3.05) is 6.54 Å². The number of halogens is 3. The highest BCUT2D eigenvalue weighted by Crippen LogP contribution is 2.39. The number of oxime groups is 1. The molecule has 2 heterocycles. The Bertz CT molecular complexity index is 447. The van der Waals surface area contributed by atoms with Crippen molar-refractivity contribution in [3.05, 3.63) is 0 Å². The fraction of sp³-hybridized carbons (Fsp3) is 0.625. The second-order valence-electron chi connectivity index (χ2n) is 4.14. The summed E-state index contributed by atoms with van der Waals surface area (Å²) in [5, 5.41) is 7.76. The number of nitrogens with two attached hydrogens (primary N) is 1. The fourth-order valence-electron chi connectivity index (χ4n) is 1.45. The number of hydrogen-bond donors (Lipinski definition) is 2. The van der Waals surface area contributed by atoms with Crippen LogP contribution in [0.3, 0.4) is 0 Å². The first kappa shape index (κ1) is 12.6. The predicted molar refractivity (Wildman–Crippen MR) is 54.5 cm³/mol. The number of alkyl halides is 3. The molecule has 0 fully saturated rings. The summed E-state index contributed by atoms with van der Waals surface area (Å²) in [6, 6.07) is -0.642. The van der Waals surface area contributed by atoms with Crippen LogP contribution in [0, 0.1) is 0 Å². The molecule has 10 heteroatoms. The first-order valence-electron chi connectivity index (χ1n) is 4.94. The SMILES string of the molecule is CC1(C(F)(F)F)CC(C2=NNC(=O)N(N)C2)=NO1. The summed E-state index contributed by atoms with van der Waals surface area (Å²) in [6.07, 6.45) is -5.02. The van der Waals surface area contributed by atoms with E-state index in [1.807, 2.05) is 0 Å². The van der Waals surface area contributed by atoms with Gasteiger partial charge in [0.25, 0.3) is 0 Å². The van der Waals surface area contributed by atoms with E-state index in [-0.39, 0.29) is 18.0 Å². The molecule has 2 amide bonds. The van der Waals surface area contributed by atoms with E-state index in [4.69, 9.17) is 5.84 Å². The molecule has 0 aromatic heterocycles. The van der Waals surface area contributed by atoms with E-state index in [0.717, 1.165) is 11.9 Å². The molecule has 0 radical (unpaired) electrons. The molecule has 100 valence electrons. The summed E-state index contributed by atoms with van der Waals surface area (Å²) in [6.45, 7) is 0.771. The third-order valence-corrected chi connectivity index (χ3v) is 2.66. The number of nitrogens with one attached hydrogen (secondary N) is 1. The average molecular weight is 265 g/mol. The van der Waals surface area contributed by atoms with Crippen molar-refractivity contribution in [3.63, 3.8) is 0 Å². The smallest absolute Gasteiger partial charge is 0.379 e. The van der Waals surface area contributed by atoms with Crippen LogP contribution in [0.1, 0.15) is 13.3 Å². The van der Waals surface area contributed by atoms with Gasteiger partial charge in [0.1, 0.15) is 11.4 Å². The van der Waals surface area contributed by atoms with Crippen molar-refractivity contribution in [3.8, 4) is 0 Å². The molecule has 1 unspecified atom stereocenters. The van der Waals surface area contributed by atoms with Crippen molar-refractivity contribution in [1.29, 1.82) is 0 Å². The van der Waals surface area contributed by atoms with Gasteiger partial charge < -0.3 is 4.84 Å². The minimum Gasteiger partial charge on any atom is -0.379 e. The molecular formula is C8H10F3N5O2. The molecular weight excluding hydrogens is 255 g/mol. The Labute approximate surface area is 99.4 Å². The Balaban J connectivity index is 2.13. The molecule has 0 saturated carbocycles. The molecule has 2 aliphatic heterocycles. The maximum atomic E-state index is 12.7. The van der Waals surface area contributed by atoms with E-state index < -0.39 is 24.2 Å². The molecule has 0 spiro atoms. The summed E-state index contributed by atoms with van der Waals surface area (Å²) in [5.41, 5.74) is -0.150. The van der Waals surface area contributed by atoms with Gasteiger partial charge >= 0.3 is 12.2 Å². The van der Waals surface area contributed by atoms with Crippen LogP contribution in [0.15, 0.2) is 10.3 Å². The van der Waals surface area contributed by atoms with Crippen molar-refractivity contribution in [2.45, 2.75) is 25.1 Å². The zero-order chi connectivity index (χ0) is 13.6. The molecule has 0 aromatic rings. The number of amides is 2. The lowest BCUT2D eigenvalue weighted by atomic mass is 9.97. The van der Waals surface area contributed by atoms with Gasteiger partial charge in [-0.2, -0.15) is 18.3 Å². The molecule has 1 atom stereocenters. The molecule has 0 saturated heterocycles. The van der Waals surface area contributed by atoms with E-state index in [1.54, 1.807) is 0 Å². The fourth-order valence-corrected chi connectivity index (χ4v) is 1.45. The number of rotatable bonds is 1. The van der Waals surface area contributed by atoms with Gasteiger partial charge in [0.2, 0.25) is 5.60 Å². The zero-order valence-electron chi connectivity index (χ0n) is 9.28. The molecule has 7 nitrogen and oxygen atoms in total. The van der Waals surface area contributed by atoms with Gasteiger partial charge in [-0.05, 0) is 6.92 Å². The summed E-state index contributed by atoms with van der Waals surface area (Å²) >= 11 is 0. The lowest BCUT2D eigenvalue weighted by molar-refractivity contribution is -0.261. The number of hydrogen-bond acceptors (Lipinski definition) is 5. The normalized spacial score (nSPS) is 28.5. The standard InChI is InChI=1S/C8H10F3N5O2/c1-7(8(9,10)11)2-4(15-18-7)5-3-16(12)6(17)14-13-5/h2-3,12H2,1H3,(H,14,17). The molecule has 2 rings (SSSR count). The van der Waals surface area contributed by atoms with Crippen LogP contribution in [0.25, 0.3) is 0 Å². The minimum absolute atomic E-state index is 0.0188. The number of carbonyl (C=O) groups is 1. The largest absolute Gasteiger partial charge is 0.431 e. The molecule has 18 heavy (non-hydrogen) atoms. The van der Waals surface area contributed by atoms with Crippen molar-refractivity contribution >= 4 is 17.5 Å². The molecule has 0 bridgehead atoms. The van der Waals surface area contributed by atoms with Crippen LogP contribution < -0.4 is 11.3 Å². The van der Waals surface area contributed by atoms with Gasteiger partial charge in [-0.15, -0.1) is 0 Å². The van der Waals surface area contributed by atoms with Crippen LogP contribution in [0.5, 0.6) is 0 Å². The topological polar surface area (TPSA) is 92.3 Å². The van der Waals surface area contributed by atoms with E-state index in [1.165, 1.54) is 0 Å². The third-order valence-electron chi connectivity index (χ3n) is 2.66. The quantitative estimate of drug-likeness (QED) is 0.529. The van der Waals surface area contributed by atoms with Crippen LogP contribution in [-0.4, -0.2) is 40.8 Å². The van der Waals surface area contributed by atoms with Gasteiger partial charge in [-0.1, -0.05) is 5.16 Å². The van der Waals surface area contributed by atoms with Crippen LogP contribution >= 0.6 is 0 Å². The Morgan fingerprint density at radius 3 is 2.67 bits per heavy atom. The monoisotopic (exact) mass is 265 g/mol. The Kier molecular flexibility index (Phi) is 2.69. The van der Waals surface area contributed by atoms with Crippen molar-refractivity contribution < 1.29 is 22.8 Å². The van der Waals surface area contributed by atoms with E-state index in [9.17, 15) is 18.0 Å². The zero-order valence-corrected chi connectivity index (χ0v) is 9.28. The molecule has 3 N–H and O–H groups in total. The molecule has 2 aliphatic rings. The molecule has 0 aromatic carbocycles. The Morgan fingerprint density at radius 1 is 1.50 bits per heavy atom. The highest BCUT2D eigenvalue weighted by molar-refractivity contribution is 6.44.